The Bertz CT molecular complexity index is 589. The van der Waals surface area contributed by atoms with Gasteiger partial charge in [-0.1, -0.05) is 0 Å². The van der Waals surface area contributed by atoms with Crippen molar-refractivity contribution in [3.63, 3.8) is 0 Å². The topological polar surface area (TPSA) is 88.1 Å². The Labute approximate surface area is 135 Å². The highest BCUT2D eigenvalue weighted by molar-refractivity contribution is 5.99. The molecule has 7 nitrogen and oxygen atoms in total. The molecule has 7 heteroatoms. The van der Waals surface area contributed by atoms with Crippen LogP contribution in [-0.2, 0) is 9.47 Å². The summed E-state index contributed by atoms with van der Waals surface area (Å²) in [5, 5.41) is 11.8. The van der Waals surface area contributed by atoms with Crippen LogP contribution in [0.15, 0.2) is 18.2 Å². The lowest BCUT2D eigenvalue weighted by molar-refractivity contribution is 0.0636. The molecule has 0 atom stereocenters. The first-order valence-corrected chi connectivity index (χ1v) is 7.46. The molecule has 0 unspecified atom stereocenters. The molecule has 126 valence electrons. The van der Waals surface area contributed by atoms with Crippen LogP contribution < -0.4 is 10.2 Å². The van der Waals surface area contributed by atoms with Gasteiger partial charge >= 0.3 is 12.1 Å². The molecule has 1 aromatic carbocycles. The Morgan fingerprint density at radius 3 is 2.48 bits per heavy atom. The maximum atomic E-state index is 11.9. The van der Waals surface area contributed by atoms with E-state index in [1.807, 2.05) is 0 Å². The van der Waals surface area contributed by atoms with Crippen LogP contribution in [0.25, 0.3) is 0 Å². The third-order valence-electron chi connectivity index (χ3n) is 3.25. The van der Waals surface area contributed by atoms with Crippen molar-refractivity contribution in [1.29, 1.82) is 0 Å². The highest BCUT2D eigenvalue weighted by atomic mass is 16.6. The number of aromatic carboxylic acids is 1. The van der Waals surface area contributed by atoms with Crippen LogP contribution in [0.3, 0.4) is 0 Å². The molecule has 0 bridgehead atoms. The molecule has 1 aliphatic rings. The van der Waals surface area contributed by atoms with E-state index in [-0.39, 0.29) is 11.3 Å². The average Bonchev–Trinajstić information content (AvgIpc) is 2.45. The molecule has 1 aromatic rings. The van der Waals surface area contributed by atoms with Crippen molar-refractivity contribution in [2.45, 2.75) is 26.4 Å². The number of carboxylic acids is 1. The molecule has 1 amide bonds. The Morgan fingerprint density at radius 1 is 1.26 bits per heavy atom. The van der Waals surface area contributed by atoms with Gasteiger partial charge in [0.1, 0.15) is 5.60 Å². The van der Waals surface area contributed by atoms with Gasteiger partial charge in [0.2, 0.25) is 0 Å². The number of nitrogens with zero attached hydrogens (tertiary/aromatic N) is 1. The van der Waals surface area contributed by atoms with Gasteiger partial charge in [-0.3, -0.25) is 5.32 Å². The Hall–Kier alpha value is -2.28. The Morgan fingerprint density at radius 2 is 1.91 bits per heavy atom. The second-order valence-corrected chi connectivity index (χ2v) is 6.26. The Balaban J connectivity index is 2.23. The molecule has 0 aromatic heterocycles. The quantitative estimate of drug-likeness (QED) is 0.889. The summed E-state index contributed by atoms with van der Waals surface area (Å²) in [6, 6.07) is 4.87. The first-order valence-electron chi connectivity index (χ1n) is 7.46. The molecular weight excluding hydrogens is 300 g/mol. The second kappa shape index (κ2) is 6.87. The molecule has 23 heavy (non-hydrogen) atoms. The number of carbonyl (C=O) groups excluding carboxylic acids is 1. The first kappa shape index (κ1) is 17.1. The number of anilines is 2. The minimum Gasteiger partial charge on any atom is -0.478 e. The van der Waals surface area contributed by atoms with Crippen molar-refractivity contribution >= 4 is 23.4 Å². The van der Waals surface area contributed by atoms with Gasteiger partial charge in [-0.05, 0) is 39.0 Å². The van der Waals surface area contributed by atoms with E-state index < -0.39 is 17.7 Å². The van der Waals surface area contributed by atoms with Crippen LogP contribution in [0.5, 0.6) is 0 Å². The van der Waals surface area contributed by atoms with E-state index in [2.05, 4.69) is 10.2 Å². The van der Waals surface area contributed by atoms with Gasteiger partial charge in [-0.2, -0.15) is 0 Å². The van der Waals surface area contributed by atoms with Gasteiger partial charge in [0.05, 0.1) is 24.5 Å². The van der Waals surface area contributed by atoms with Gasteiger partial charge in [0.15, 0.2) is 0 Å². The molecule has 2 N–H and O–H groups in total. The summed E-state index contributed by atoms with van der Waals surface area (Å²) in [5.74, 6) is -1.11. The largest absolute Gasteiger partial charge is 0.478 e. The van der Waals surface area contributed by atoms with Crippen molar-refractivity contribution < 1.29 is 24.2 Å². The predicted molar refractivity (Wildman–Crippen MR) is 86.3 cm³/mol. The molecule has 2 rings (SSSR count). The number of nitrogens with one attached hydrogen (secondary N) is 1. The molecule has 0 spiro atoms. The smallest absolute Gasteiger partial charge is 0.412 e. The van der Waals surface area contributed by atoms with E-state index in [1.54, 1.807) is 32.9 Å². The van der Waals surface area contributed by atoms with Gasteiger partial charge in [-0.15, -0.1) is 0 Å². The third kappa shape index (κ3) is 4.85. The predicted octanol–water partition coefficient (Wildman–Crippen LogP) is 2.57. The maximum absolute atomic E-state index is 11.9. The molecule has 1 aliphatic heterocycles. The zero-order valence-electron chi connectivity index (χ0n) is 13.6. The minimum atomic E-state index is -1.11. The fraction of sp³-hybridized carbons (Fsp3) is 0.500. The lowest BCUT2D eigenvalue weighted by Gasteiger charge is -2.29. The van der Waals surface area contributed by atoms with Crippen molar-refractivity contribution in [1.82, 2.24) is 0 Å². The SMILES string of the molecule is CC(C)(C)OC(=O)Nc1cc(N2CCOCC2)ccc1C(=O)O. The number of morpholine rings is 1. The standard InChI is InChI=1S/C16H22N2O5/c1-16(2,3)23-15(21)17-13-10-11(4-5-12(13)14(19)20)18-6-8-22-9-7-18/h4-5,10H,6-9H2,1-3H3,(H,17,21)(H,19,20). The average molecular weight is 322 g/mol. The number of benzene rings is 1. The van der Waals surface area contributed by atoms with Crippen molar-refractivity contribution in [3.05, 3.63) is 23.8 Å². The molecule has 0 aliphatic carbocycles. The molecule has 0 saturated carbocycles. The summed E-state index contributed by atoms with van der Waals surface area (Å²) >= 11 is 0. The van der Waals surface area contributed by atoms with E-state index in [1.165, 1.54) is 6.07 Å². The van der Waals surface area contributed by atoms with Crippen LogP contribution in [0.1, 0.15) is 31.1 Å². The molecule has 1 fully saturated rings. The van der Waals surface area contributed by atoms with Crippen LogP contribution in [0.2, 0.25) is 0 Å². The summed E-state index contributed by atoms with van der Waals surface area (Å²) in [4.78, 5) is 25.4. The van der Waals surface area contributed by atoms with E-state index in [0.717, 1.165) is 18.8 Å². The lowest BCUT2D eigenvalue weighted by atomic mass is 10.1. The van der Waals surface area contributed by atoms with Gasteiger partial charge < -0.3 is 19.5 Å². The summed E-state index contributed by atoms with van der Waals surface area (Å²) in [6.45, 7) is 7.92. The summed E-state index contributed by atoms with van der Waals surface area (Å²) < 4.78 is 10.5. The van der Waals surface area contributed by atoms with Crippen molar-refractivity contribution in [2.75, 3.05) is 36.5 Å². The zero-order valence-corrected chi connectivity index (χ0v) is 13.6. The summed E-state index contributed by atoms with van der Waals surface area (Å²) in [6.07, 6.45) is -0.681. The fourth-order valence-corrected chi connectivity index (χ4v) is 2.25. The molecule has 1 saturated heterocycles. The monoisotopic (exact) mass is 322 g/mol. The summed E-state index contributed by atoms with van der Waals surface area (Å²) in [7, 11) is 0. The van der Waals surface area contributed by atoms with Crippen LogP contribution in [0, 0.1) is 0 Å². The van der Waals surface area contributed by atoms with E-state index >= 15 is 0 Å². The zero-order chi connectivity index (χ0) is 17.0. The van der Waals surface area contributed by atoms with E-state index in [9.17, 15) is 14.7 Å². The number of carbonyl (C=O) groups is 2. The number of hydrogen-bond donors (Lipinski definition) is 2. The minimum absolute atomic E-state index is 0.0212. The highest BCUT2D eigenvalue weighted by Gasteiger charge is 2.20. The van der Waals surface area contributed by atoms with Crippen LogP contribution >= 0.6 is 0 Å². The number of hydrogen-bond acceptors (Lipinski definition) is 5. The number of ether oxygens (including phenoxy) is 2. The number of amides is 1. The number of rotatable bonds is 3. The van der Waals surface area contributed by atoms with Crippen molar-refractivity contribution in [3.8, 4) is 0 Å². The van der Waals surface area contributed by atoms with Crippen LogP contribution in [0.4, 0.5) is 16.2 Å². The molecule has 0 radical (unpaired) electrons. The lowest BCUT2D eigenvalue weighted by Crippen LogP contribution is -2.36. The third-order valence-corrected chi connectivity index (χ3v) is 3.25. The first-order chi connectivity index (χ1) is 10.8. The summed E-state index contributed by atoms with van der Waals surface area (Å²) in [5.41, 5.74) is 0.419. The van der Waals surface area contributed by atoms with E-state index in [0.29, 0.717) is 13.2 Å². The Kier molecular flexibility index (Phi) is 5.10. The highest BCUT2D eigenvalue weighted by Crippen LogP contribution is 2.25. The second-order valence-electron chi connectivity index (χ2n) is 6.26. The van der Waals surface area contributed by atoms with Gasteiger partial charge in [-0.25, -0.2) is 9.59 Å². The van der Waals surface area contributed by atoms with Crippen LogP contribution in [-0.4, -0.2) is 49.1 Å². The van der Waals surface area contributed by atoms with Gasteiger partial charge in [0, 0.05) is 18.8 Å². The number of carboxylic acid groups (broad SMARTS) is 1. The van der Waals surface area contributed by atoms with Gasteiger partial charge in [0.25, 0.3) is 0 Å². The maximum Gasteiger partial charge on any atom is 0.412 e. The normalized spacial score (nSPS) is 15.2. The molecular formula is C16H22N2O5. The van der Waals surface area contributed by atoms with E-state index in [4.69, 9.17) is 9.47 Å². The molecule has 1 heterocycles. The fourth-order valence-electron chi connectivity index (χ4n) is 2.25. The van der Waals surface area contributed by atoms with Crippen molar-refractivity contribution in [2.24, 2.45) is 0 Å².